The van der Waals surface area contributed by atoms with Crippen molar-refractivity contribution in [3.63, 3.8) is 0 Å². The van der Waals surface area contributed by atoms with Crippen LogP contribution in [0.15, 0.2) is 24.3 Å². The molecule has 0 unspecified atom stereocenters. The van der Waals surface area contributed by atoms with Gasteiger partial charge in [-0.15, -0.1) is 0 Å². The molecule has 1 fully saturated rings. The number of carbonyl (C=O) groups excluding carboxylic acids is 1. The van der Waals surface area contributed by atoms with Crippen LogP contribution < -0.4 is 23.7 Å². The average molecular weight is 398 g/mol. The molecule has 7 nitrogen and oxygen atoms in total. The van der Waals surface area contributed by atoms with Gasteiger partial charge in [0.2, 0.25) is 12.5 Å². The van der Waals surface area contributed by atoms with Crippen LogP contribution in [-0.4, -0.2) is 40.2 Å². The van der Waals surface area contributed by atoms with Gasteiger partial charge in [0.15, 0.2) is 23.0 Å². The molecule has 2 aliphatic heterocycles. The number of hydrogen-bond donors (Lipinski definition) is 0. The second kappa shape index (κ2) is 6.76. The molecule has 1 saturated heterocycles. The summed E-state index contributed by atoms with van der Waals surface area (Å²) < 4.78 is 33.5. The number of hydrogen-bond acceptors (Lipinski definition) is 7. The minimum atomic E-state index is -0.252. The van der Waals surface area contributed by atoms with Gasteiger partial charge in [-0.2, -0.15) is 0 Å². The van der Waals surface area contributed by atoms with Crippen molar-refractivity contribution in [2.75, 3.05) is 28.1 Å². The fourth-order valence-corrected chi connectivity index (χ4v) is 4.73. The smallest absolute Gasteiger partial charge is 0.306 e. The molecule has 2 aromatic rings. The maximum atomic E-state index is 12.1. The van der Waals surface area contributed by atoms with Crippen molar-refractivity contribution in [1.82, 2.24) is 0 Å². The molecule has 0 bridgehead atoms. The highest BCUT2D eigenvalue weighted by Crippen LogP contribution is 2.51. The lowest BCUT2D eigenvalue weighted by Crippen LogP contribution is -2.32. The van der Waals surface area contributed by atoms with Crippen molar-refractivity contribution >= 4 is 5.97 Å². The molecule has 152 valence electrons. The fraction of sp³-hybridized carbons (Fsp3) is 0.409. The molecule has 3 aliphatic rings. The maximum absolute atomic E-state index is 12.1. The Labute approximate surface area is 168 Å². The zero-order chi connectivity index (χ0) is 20.1. The maximum Gasteiger partial charge on any atom is 0.306 e. The fourth-order valence-electron chi connectivity index (χ4n) is 4.73. The van der Waals surface area contributed by atoms with E-state index in [4.69, 9.17) is 28.4 Å². The van der Waals surface area contributed by atoms with Crippen LogP contribution in [0.5, 0.6) is 28.7 Å². The molecule has 0 N–H and O–H groups in total. The van der Waals surface area contributed by atoms with Crippen molar-refractivity contribution in [3.8, 4) is 28.7 Å². The van der Waals surface area contributed by atoms with Gasteiger partial charge in [-0.05, 0) is 47.4 Å². The molecule has 3 atom stereocenters. The third kappa shape index (κ3) is 2.75. The molecule has 0 amide bonds. The third-order valence-corrected chi connectivity index (χ3v) is 5.99. The SMILES string of the molecule is COc1cc([C@@H]2c3cc4c(cc3C[C@@H]3CC(=O)O[C@H]32)OCO4)cc(OC)c1OC. The van der Waals surface area contributed by atoms with E-state index in [1.807, 2.05) is 24.3 Å². The zero-order valence-corrected chi connectivity index (χ0v) is 16.5. The molecule has 29 heavy (non-hydrogen) atoms. The third-order valence-electron chi connectivity index (χ3n) is 5.99. The van der Waals surface area contributed by atoms with Gasteiger partial charge >= 0.3 is 5.97 Å². The van der Waals surface area contributed by atoms with Gasteiger partial charge in [-0.1, -0.05) is 0 Å². The highest BCUT2D eigenvalue weighted by Gasteiger charge is 2.46. The Morgan fingerprint density at radius 3 is 2.24 bits per heavy atom. The molecule has 2 aromatic carbocycles. The number of carbonyl (C=O) groups is 1. The Balaban J connectivity index is 1.69. The Morgan fingerprint density at radius 2 is 1.59 bits per heavy atom. The average Bonchev–Trinajstić information content (AvgIpc) is 3.33. The van der Waals surface area contributed by atoms with Crippen LogP contribution in [0.1, 0.15) is 29.0 Å². The summed E-state index contributed by atoms with van der Waals surface area (Å²) in [4.78, 5) is 12.1. The number of ether oxygens (including phenoxy) is 6. The van der Waals surface area contributed by atoms with E-state index in [1.54, 1.807) is 21.3 Å². The summed E-state index contributed by atoms with van der Waals surface area (Å²) in [7, 11) is 4.75. The van der Waals surface area contributed by atoms with Gasteiger partial charge in [0, 0.05) is 11.8 Å². The van der Waals surface area contributed by atoms with Gasteiger partial charge < -0.3 is 28.4 Å². The van der Waals surface area contributed by atoms with Crippen molar-refractivity contribution in [3.05, 3.63) is 41.0 Å². The normalized spacial score (nSPS) is 23.8. The Hall–Kier alpha value is -3.09. The molecular formula is C22H22O7. The second-order valence-corrected chi connectivity index (χ2v) is 7.46. The number of benzene rings is 2. The van der Waals surface area contributed by atoms with Crippen molar-refractivity contribution in [2.45, 2.75) is 24.9 Å². The molecule has 1 aliphatic carbocycles. The number of fused-ring (bicyclic) bond motifs is 3. The summed E-state index contributed by atoms with van der Waals surface area (Å²) in [5.41, 5.74) is 3.15. The van der Waals surface area contributed by atoms with E-state index in [2.05, 4.69) is 0 Å². The van der Waals surface area contributed by atoms with Crippen LogP contribution in [0.4, 0.5) is 0 Å². The van der Waals surface area contributed by atoms with Crippen LogP contribution in [-0.2, 0) is 16.0 Å². The van der Waals surface area contributed by atoms with Crippen LogP contribution in [0.2, 0.25) is 0 Å². The Bertz CT molecular complexity index is 958. The minimum Gasteiger partial charge on any atom is -0.493 e. The number of esters is 1. The lowest BCUT2D eigenvalue weighted by molar-refractivity contribution is -0.142. The lowest BCUT2D eigenvalue weighted by Gasteiger charge is -2.35. The van der Waals surface area contributed by atoms with Crippen molar-refractivity contribution in [2.24, 2.45) is 5.92 Å². The lowest BCUT2D eigenvalue weighted by atomic mass is 9.71. The van der Waals surface area contributed by atoms with Gasteiger partial charge in [0.1, 0.15) is 6.10 Å². The van der Waals surface area contributed by atoms with Crippen LogP contribution in [0, 0.1) is 5.92 Å². The van der Waals surface area contributed by atoms with Crippen LogP contribution >= 0.6 is 0 Å². The van der Waals surface area contributed by atoms with E-state index >= 15 is 0 Å². The van der Waals surface area contributed by atoms with E-state index in [1.165, 1.54) is 0 Å². The summed E-state index contributed by atoms with van der Waals surface area (Å²) in [6, 6.07) is 7.89. The van der Waals surface area contributed by atoms with E-state index in [9.17, 15) is 4.79 Å². The summed E-state index contributed by atoms with van der Waals surface area (Å²) in [6.07, 6.45) is 0.932. The first kappa shape index (κ1) is 18.0. The zero-order valence-electron chi connectivity index (χ0n) is 16.5. The minimum absolute atomic E-state index is 0.111. The van der Waals surface area contributed by atoms with Gasteiger partial charge in [0.05, 0.1) is 27.8 Å². The van der Waals surface area contributed by atoms with Crippen LogP contribution in [0.25, 0.3) is 0 Å². The van der Waals surface area contributed by atoms with Crippen LogP contribution in [0.3, 0.4) is 0 Å². The second-order valence-electron chi connectivity index (χ2n) is 7.46. The van der Waals surface area contributed by atoms with Gasteiger partial charge in [0.25, 0.3) is 0 Å². The molecular weight excluding hydrogens is 376 g/mol. The molecule has 0 aromatic heterocycles. The van der Waals surface area contributed by atoms with E-state index in [-0.39, 0.29) is 30.7 Å². The molecule has 0 saturated carbocycles. The van der Waals surface area contributed by atoms with Crippen molar-refractivity contribution in [1.29, 1.82) is 0 Å². The van der Waals surface area contributed by atoms with Gasteiger partial charge in [-0.25, -0.2) is 0 Å². The Morgan fingerprint density at radius 1 is 0.897 bits per heavy atom. The Kier molecular flexibility index (Phi) is 4.19. The first-order valence-corrected chi connectivity index (χ1v) is 9.54. The number of rotatable bonds is 4. The highest BCUT2D eigenvalue weighted by atomic mass is 16.7. The van der Waals surface area contributed by atoms with E-state index in [0.717, 1.165) is 28.9 Å². The molecule has 7 heteroatoms. The summed E-state index contributed by atoms with van der Waals surface area (Å²) >= 11 is 0. The predicted molar refractivity (Wildman–Crippen MR) is 102 cm³/mol. The van der Waals surface area contributed by atoms with E-state index in [0.29, 0.717) is 29.4 Å². The molecule has 5 rings (SSSR count). The highest BCUT2D eigenvalue weighted by molar-refractivity contribution is 5.73. The number of methoxy groups -OCH3 is 3. The molecule has 2 heterocycles. The van der Waals surface area contributed by atoms with Crippen molar-refractivity contribution < 1.29 is 33.2 Å². The van der Waals surface area contributed by atoms with E-state index < -0.39 is 0 Å². The molecule has 0 spiro atoms. The molecule has 0 radical (unpaired) electrons. The summed E-state index contributed by atoms with van der Waals surface area (Å²) in [6.45, 7) is 0.217. The van der Waals surface area contributed by atoms with Gasteiger partial charge in [-0.3, -0.25) is 4.79 Å². The standard InChI is InChI=1S/C22H22O7/c1-24-17-6-12(7-18(25-2)22(17)26-3)20-14-9-16-15(27-10-28-16)5-11(14)4-13-8-19(23)29-21(13)20/h5-7,9,13,20-21H,4,8,10H2,1-3H3/t13-,20-,21-/m1/s1. The first-order valence-electron chi connectivity index (χ1n) is 9.54. The quantitative estimate of drug-likeness (QED) is 0.733. The topological polar surface area (TPSA) is 72.5 Å². The summed E-state index contributed by atoms with van der Waals surface area (Å²) in [5.74, 6) is 2.90. The summed E-state index contributed by atoms with van der Waals surface area (Å²) in [5, 5.41) is 0. The first-order chi connectivity index (χ1) is 14.1. The predicted octanol–water partition coefficient (Wildman–Crippen LogP) is 3.06. The largest absolute Gasteiger partial charge is 0.493 e. The monoisotopic (exact) mass is 398 g/mol.